The van der Waals surface area contributed by atoms with Crippen molar-refractivity contribution in [2.45, 2.75) is 44.2 Å². The number of sulfonamides is 1. The molecule has 1 aliphatic rings. The number of rotatable bonds is 4. The maximum absolute atomic E-state index is 12.8. The average molecular weight is 528 g/mol. The Morgan fingerprint density at radius 1 is 1.10 bits per heavy atom. The highest BCUT2D eigenvalue weighted by Gasteiger charge is 2.25. The Morgan fingerprint density at radius 3 is 2.45 bits per heavy atom. The van der Waals surface area contributed by atoms with E-state index in [-0.39, 0.29) is 28.9 Å². The van der Waals surface area contributed by atoms with E-state index >= 15 is 0 Å². The van der Waals surface area contributed by atoms with E-state index in [0.29, 0.717) is 12.1 Å². The van der Waals surface area contributed by atoms with Crippen molar-refractivity contribution in [2.75, 3.05) is 18.5 Å². The Hall–Kier alpha value is -1.65. The third kappa shape index (κ3) is 5.70. The molecule has 0 amide bonds. The number of hydrogen-bond acceptors (Lipinski definition) is 3. The molecule has 0 unspecified atom stereocenters. The molecular formula is C21H29IN4O2S. The van der Waals surface area contributed by atoms with Crippen LogP contribution in [0.3, 0.4) is 0 Å². The first-order chi connectivity index (χ1) is 13.2. The lowest BCUT2D eigenvalue weighted by molar-refractivity contribution is 0.491. The maximum atomic E-state index is 12.8. The second-order valence-corrected chi connectivity index (χ2v) is 9.55. The first-order valence-corrected chi connectivity index (χ1v) is 10.9. The zero-order chi connectivity index (χ0) is 20.4. The van der Waals surface area contributed by atoms with Crippen LogP contribution in [-0.2, 0) is 23.0 Å². The molecule has 1 heterocycles. The molecule has 29 heavy (non-hydrogen) atoms. The van der Waals surface area contributed by atoms with Gasteiger partial charge in [-0.2, -0.15) is 0 Å². The van der Waals surface area contributed by atoms with E-state index in [2.05, 4.69) is 32.1 Å². The molecule has 0 spiro atoms. The number of anilines is 1. The van der Waals surface area contributed by atoms with Gasteiger partial charge in [-0.15, -0.1) is 24.0 Å². The third-order valence-electron chi connectivity index (χ3n) is 4.49. The highest BCUT2D eigenvalue weighted by molar-refractivity contribution is 14.0. The Morgan fingerprint density at radius 2 is 1.76 bits per heavy atom. The molecule has 0 atom stereocenters. The van der Waals surface area contributed by atoms with E-state index in [0.717, 1.165) is 24.6 Å². The molecular weight excluding hydrogens is 499 g/mol. The summed E-state index contributed by atoms with van der Waals surface area (Å²) < 4.78 is 28.4. The standard InChI is InChI=1S/C21H28N4O2S.HI/c1-21(2,3)24-28(26,27)19-12-8-6-10-17(19)15-23-20(22-4)25-14-13-16-9-5-7-11-18(16)25;/h5-12,24H,13-15H2,1-4H3,(H,22,23);1H. The normalized spacial score (nSPS) is 14.3. The predicted octanol–water partition coefficient (Wildman–Crippen LogP) is 3.52. The molecule has 1 aliphatic heterocycles. The molecule has 0 fully saturated rings. The summed E-state index contributed by atoms with van der Waals surface area (Å²) in [5, 5.41) is 3.33. The van der Waals surface area contributed by atoms with Gasteiger partial charge >= 0.3 is 0 Å². The lowest BCUT2D eigenvalue weighted by atomic mass is 10.1. The average Bonchev–Trinajstić information content (AvgIpc) is 3.05. The van der Waals surface area contributed by atoms with Gasteiger partial charge in [0.05, 0.1) is 4.90 Å². The summed E-state index contributed by atoms with van der Waals surface area (Å²) in [4.78, 5) is 6.83. The van der Waals surface area contributed by atoms with Crippen molar-refractivity contribution in [1.29, 1.82) is 0 Å². The van der Waals surface area contributed by atoms with Crippen molar-refractivity contribution in [1.82, 2.24) is 10.0 Å². The van der Waals surface area contributed by atoms with Gasteiger partial charge in [-0.1, -0.05) is 36.4 Å². The van der Waals surface area contributed by atoms with Crippen molar-refractivity contribution < 1.29 is 8.42 Å². The molecule has 3 rings (SSSR count). The second kappa shape index (κ2) is 9.44. The lowest BCUT2D eigenvalue weighted by Crippen LogP contribution is -2.42. The van der Waals surface area contributed by atoms with Gasteiger partial charge in [0, 0.05) is 31.4 Å². The van der Waals surface area contributed by atoms with E-state index in [9.17, 15) is 8.42 Å². The molecule has 0 aliphatic carbocycles. The summed E-state index contributed by atoms with van der Waals surface area (Å²) in [6, 6.07) is 15.3. The number of fused-ring (bicyclic) bond motifs is 1. The zero-order valence-electron chi connectivity index (χ0n) is 17.3. The van der Waals surface area contributed by atoms with Crippen LogP contribution in [0.5, 0.6) is 0 Å². The van der Waals surface area contributed by atoms with Crippen molar-refractivity contribution in [3.63, 3.8) is 0 Å². The van der Waals surface area contributed by atoms with E-state index in [1.54, 1.807) is 19.2 Å². The quantitative estimate of drug-likeness (QED) is 0.362. The Bertz CT molecular complexity index is 984. The van der Waals surface area contributed by atoms with Crippen LogP contribution in [-0.4, -0.2) is 33.5 Å². The minimum Gasteiger partial charge on any atom is -0.352 e. The lowest BCUT2D eigenvalue weighted by Gasteiger charge is -2.24. The molecule has 0 radical (unpaired) electrons. The summed E-state index contributed by atoms with van der Waals surface area (Å²) in [5.41, 5.74) is 2.59. The van der Waals surface area contributed by atoms with Crippen LogP contribution in [0.25, 0.3) is 0 Å². The molecule has 0 bridgehead atoms. The van der Waals surface area contributed by atoms with Gasteiger partial charge in [0.15, 0.2) is 5.96 Å². The van der Waals surface area contributed by atoms with E-state index in [4.69, 9.17) is 0 Å². The van der Waals surface area contributed by atoms with Gasteiger partial charge in [0.2, 0.25) is 10.0 Å². The Balaban J connectivity index is 0.00000300. The van der Waals surface area contributed by atoms with Gasteiger partial charge in [-0.3, -0.25) is 4.99 Å². The van der Waals surface area contributed by atoms with Crippen molar-refractivity contribution in [2.24, 2.45) is 4.99 Å². The van der Waals surface area contributed by atoms with E-state index in [1.165, 1.54) is 5.56 Å². The summed E-state index contributed by atoms with van der Waals surface area (Å²) in [7, 11) is -1.87. The summed E-state index contributed by atoms with van der Waals surface area (Å²) in [6.45, 7) is 6.71. The molecule has 0 saturated carbocycles. The number of aliphatic imine (C=N–C) groups is 1. The third-order valence-corrected chi connectivity index (χ3v) is 6.35. The molecule has 0 saturated heterocycles. The van der Waals surface area contributed by atoms with Crippen LogP contribution >= 0.6 is 24.0 Å². The smallest absolute Gasteiger partial charge is 0.241 e. The SMILES string of the molecule is CN=C(NCc1ccccc1S(=O)(=O)NC(C)(C)C)N1CCc2ccccc21.I. The number of para-hydroxylation sites is 1. The van der Waals surface area contributed by atoms with Gasteiger partial charge < -0.3 is 10.2 Å². The largest absolute Gasteiger partial charge is 0.352 e. The van der Waals surface area contributed by atoms with Crippen molar-refractivity contribution >= 4 is 45.6 Å². The molecule has 8 heteroatoms. The zero-order valence-corrected chi connectivity index (χ0v) is 20.4. The monoisotopic (exact) mass is 528 g/mol. The minimum atomic E-state index is -3.61. The Kier molecular flexibility index (Phi) is 7.69. The highest BCUT2D eigenvalue weighted by atomic mass is 127. The van der Waals surface area contributed by atoms with Crippen LogP contribution < -0.4 is 14.9 Å². The van der Waals surface area contributed by atoms with E-state index < -0.39 is 15.6 Å². The van der Waals surface area contributed by atoms with Crippen LogP contribution in [0.1, 0.15) is 31.9 Å². The predicted molar refractivity (Wildman–Crippen MR) is 130 cm³/mol. The van der Waals surface area contributed by atoms with Crippen molar-refractivity contribution in [3.05, 3.63) is 59.7 Å². The van der Waals surface area contributed by atoms with Crippen LogP contribution in [0.4, 0.5) is 5.69 Å². The summed E-state index contributed by atoms with van der Waals surface area (Å²) in [6.07, 6.45) is 0.970. The topological polar surface area (TPSA) is 73.8 Å². The minimum absolute atomic E-state index is 0. The fourth-order valence-electron chi connectivity index (χ4n) is 3.40. The maximum Gasteiger partial charge on any atom is 0.241 e. The number of halogens is 1. The number of nitrogens with zero attached hydrogens (tertiary/aromatic N) is 2. The molecule has 0 aromatic heterocycles. The first-order valence-electron chi connectivity index (χ1n) is 9.39. The molecule has 2 aromatic carbocycles. The number of guanidine groups is 1. The molecule has 2 aromatic rings. The molecule has 158 valence electrons. The number of hydrogen-bond donors (Lipinski definition) is 2. The van der Waals surface area contributed by atoms with Crippen LogP contribution in [0.15, 0.2) is 58.4 Å². The van der Waals surface area contributed by atoms with Gasteiger partial charge in [-0.05, 0) is 50.5 Å². The van der Waals surface area contributed by atoms with Crippen LogP contribution in [0, 0.1) is 0 Å². The highest BCUT2D eigenvalue weighted by Crippen LogP contribution is 2.27. The second-order valence-electron chi connectivity index (χ2n) is 7.89. The molecule has 6 nitrogen and oxygen atoms in total. The number of nitrogens with one attached hydrogen (secondary N) is 2. The number of benzene rings is 2. The fourth-order valence-corrected chi connectivity index (χ4v) is 5.06. The Labute approximate surface area is 190 Å². The van der Waals surface area contributed by atoms with Crippen LogP contribution in [0.2, 0.25) is 0 Å². The van der Waals surface area contributed by atoms with Gasteiger partial charge in [0.25, 0.3) is 0 Å². The van der Waals surface area contributed by atoms with Gasteiger partial charge in [0.1, 0.15) is 0 Å². The fraction of sp³-hybridized carbons (Fsp3) is 0.381. The van der Waals surface area contributed by atoms with Gasteiger partial charge in [-0.25, -0.2) is 13.1 Å². The first kappa shape index (κ1) is 23.6. The molecule has 2 N–H and O–H groups in total. The van der Waals surface area contributed by atoms with Crippen molar-refractivity contribution in [3.8, 4) is 0 Å². The van der Waals surface area contributed by atoms with E-state index in [1.807, 2.05) is 45.0 Å². The summed E-state index contributed by atoms with van der Waals surface area (Å²) in [5.74, 6) is 0.737. The summed E-state index contributed by atoms with van der Waals surface area (Å²) >= 11 is 0.